The van der Waals surface area contributed by atoms with Gasteiger partial charge in [0, 0.05) is 12.8 Å². The molecule has 0 N–H and O–H groups in total. The van der Waals surface area contributed by atoms with Gasteiger partial charge in [-0.3, -0.25) is 0 Å². The standard InChI is InChI=1S/2C9H18O/c1-8(2)4-5-9(3)6-7-10;1-4-8(2)7-9(3)5-6-10/h7-9H,4-6H2,1-3H3;6,8-9H,4-5,7H2,1-3H3. The van der Waals surface area contributed by atoms with Crippen molar-refractivity contribution in [1.29, 1.82) is 0 Å². The molecule has 0 aromatic carbocycles. The zero-order valence-electron chi connectivity index (χ0n) is 14.5. The smallest absolute Gasteiger partial charge is 0.120 e. The van der Waals surface area contributed by atoms with Gasteiger partial charge in [0.25, 0.3) is 0 Å². The highest BCUT2D eigenvalue weighted by Gasteiger charge is 2.05. The minimum Gasteiger partial charge on any atom is -0.303 e. The van der Waals surface area contributed by atoms with Crippen molar-refractivity contribution in [2.45, 2.75) is 80.1 Å². The Hall–Kier alpha value is -0.660. The summed E-state index contributed by atoms with van der Waals surface area (Å²) in [5.74, 6) is 2.71. The van der Waals surface area contributed by atoms with E-state index in [2.05, 4.69) is 41.5 Å². The summed E-state index contributed by atoms with van der Waals surface area (Å²) in [6, 6.07) is 0. The van der Waals surface area contributed by atoms with Gasteiger partial charge in [0.05, 0.1) is 0 Å². The predicted octanol–water partition coefficient (Wildman–Crippen LogP) is 5.30. The first-order chi connectivity index (χ1) is 9.37. The molecule has 120 valence electrons. The Balaban J connectivity index is 0. The van der Waals surface area contributed by atoms with Crippen LogP contribution >= 0.6 is 0 Å². The van der Waals surface area contributed by atoms with Crippen LogP contribution in [-0.2, 0) is 9.59 Å². The number of aldehydes is 2. The molecule has 20 heavy (non-hydrogen) atoms. The minimum atomic E-state index is 0.576. The van der Waals surface area contributed by atoms with E-state index in [4.69, 9.17) is 0 Å². The van der Waals surface area contributed by atoms with Crippen LogP contribution in [0, 0.1) is 23.7 Å². The SMILES string of the molecule is CC(C)CCC(C)CC=O.CCC(C)CC(C)CC=O. The van der Waals surface area contributed by atoms with Crippen molar-refractivity contribution in [2.75, 3.05) is 0 Å². The molecule has 0 saturated heterocycles. The molecule has 0 aliphatic rings. The fraction of sp³-hybridized carbons (Fsp3) is 0.889. The fourth-order valence-corrected chi connectivity index (χ4v) is 2.01. The molecule has 0 amide bonds. The van der Waals surface area contributed by atoms with Gasteiger partial charge in [-0.05, 0) is 30.1 Å². The van der Waals surface area contributed by atoms with Crippen LogP contribution in [0.25, 0.3) is 0 Å². The molecule has 0 heterocycles. The van der Waals surface area contributed by atoms with Gasteiger partial charge in [-0.2, -0.15) is 0 Å². The van der Waals surface area contributed by atoms with E-state index in [1.807, 2.05) is 0 Å². The first kappa shape index (κ1) is 21.6. The fourth-order valence-electron chi connectivity index (χ4n) is 2.01. The highest BCUT2D eigenvalue weighted by Crippen LogP contribution is 2.16. The Morgan fingerprint density at radius 3 is 1.65 bits per heavy atom. The lowest BCUT2D eigenvalue weighted by atomic mass is 9.94. The second kappa shape index (κ2) is 14.7. The molecule has 0 fully saturated rings. The number of carbonyl (C=O) groups is 2. The van der Waals surface area contributed by atoms with E-state index in [9.17, 15) is 9.59 Å². The van der Waals surface area contributed by atoms with Gasteiger partial charge in [-0.1, -0.05) is 60.8 Å². The van der Waals surface area contributed by atoms with Gasteiger partial charge in [0.2, 0.25) is 0 Å². The summed E-state index contributed by atoms with van der Waals surface area (Å²) in [6.45, 7) is 13.1. The Morgan fingerprint density at radius 2 is 1.25 bits per heavy atom. The lowest BCUT2D eigenvalue weighted by Gasteiger charge is -2.12. The molecule has 3 unspecified atom stereocenters. The molecule has 0 radical (unpaired) electrons. The summed E-state index contributed by atoms with van der Waals surface area (Å²) in [4.78, 5) is 20.1. The lowest BCUT2D eigenvalue weighted by molar-refractivity contribution is -0.109. The van der Waals surface area contributed by atoms with Crippen molar-refractivity contribution < 1.29 is 9.59 Å². The Kier molecular flexibility index (Phi) is 15.9. The normalized spacial score (nSPS) is 14.9. The molecule has 0 aliphatic heterocycles. The van der Waals surface area contributed by atoms with E-state index in [1.54, 1.807) is 0 Å². The maximum absolute atomic E-state index is 10.1. The van der Waals surface area contributed by atoms with E-state index in [-0.39, 0.29) is 0 Å². The van der Waals surface area contributed by atoms with Crippen molar-refractivity contribution in [1.82, 2.24) is 0 Å². The molecule has 0 rings (SSSR count). The van der Waals surface area contributed by atoms with E-state index in [0.29, 0.717) is 11.8 Å². The second-order valence-corrected chi connectivity index (χ2v) is 6.74. The van der Waals surface area contributed by atoms with E-state index in [1.165, 1.54) is 25.7 Å². The predicted molar refractivity (Wildman–Crippen MR) is 87.8 cm³/mol. The van der Waals surface area contributed by atoms with Crippen molar-refractivity contribution in [3.63, 3.8) is 0 Å². The number of hydrogen-bond donors (Lipinski definition) is 0. The number of rotatable bonds is 10. The van der Waals surface area contributed by atoms with E-state index < -0.39 is 0 Å². The van der Waals surface area contributed by atoms with Crippen molar-refractivity contribution in [3.05, 3.63) is 0 Å². The second-order valence-electron chi connectivity index (χ2n) is 6.74. The van der Waals surface area contributed by atoms with E-state index >= 15 is 0 Å². The Bertz CT molecular complexity index is 223. The first-order valence-corrected chi connectivity index (χ1v) is 8.24. The van der Waals surface area contributed by atoms with Crippen molar-refractivity contribution in [3.8, 4) is 0 Å². The summed E-state index contributed by atoms with van der Waals surface area (Å²) in [5, 5.41) is 0. The molecular weight excluding hydrogens is 248 g/mol. The van der Waals surface area contributed by atoms with Crippen LogP contribution in [0.4, 0.5) is 0 Å². The molecule has 0 aromatic heterocycles. The van der Waals surface area contributed by atoms with Crippen LogP contribution in [0.2, 0.25) is 0 Å². The average Bonchev–Trinajstić information content (AvgIpc) is 2.37. The summed E-state index contributed by atoms with van der Waals surface area (Å²) in [7, 11) is 0. The van der Waals surface area contributed by atoms with Crippen LogP contribution in [-0.4, -0.2) is 12.6 Å². The maximum atomic E-state index is 10.1. The zero-order valence-corrected chi connectivity index (χ0v) is 14.5. The Labute approximate surface area is 126 Å². The Morgan fingerprint density at radius 1 is 0.750 bits per heavy atom. The first-order valence-electron chi connectivity index (χ1n) is 8.24. The summed E-state index contributed by atoms with van der Waals surface area (Å²) < 4.78 is 0. The molecule has 2 heteroatoms. The van der Waals surface area contributed by atoms with Crippen LogP contribution in [0.3, 0.4) is 0 Å². The molecule has 3 atom stereocenters. The maximum Gasteiger partial charge on any atom is 0.120 e. The van der Waals surface area contributed by atoms with Crippen LogP contribution in [0.15, 0.2) is 0 Å². The van der Waals surface area contributed by atoms with Gasteiger partial charge in [-0.25, -0.2) is 0 Å². The summed E-state index contributed by atoms with van der Waals surface area (Å²) >= 11 is 0. The molecule has 0 aromatic rings. The molecular formula is C18H36O2. The molecule has 0 aliphatic carbocycles. The molecule has 0 bridgehead atoms. The number of carbonyl (C=O) groups excluding carboxylic acids is 2. The van der Waals surface area contributed by atoms with Gasteiger partial charge in [0.1, 0.15) is 12.6 Å². The number of hydrogen-bond acceptors (Lipinski definition) is 2. The third-order valence-corrected chi connectivity index (χ3v) is 3.74. The minimum absolute atomic E-state index is 0.576. The molecule has 0 spiro atoms. The van der Waals surface area contributed by atoms with Crippen LogP contribution < -0.4 is 0 Å². The third-order valence-electron chi connectivity index (χ3n) is 3.74. The zero-order chi connectivity index (χ0) is 16.0. The van der Waals surface area contributed by atoms with Gasteiger partial charge < -0.3 is 9.59 Å². The van der Waals surface area contributed by atoms with Gasteiger partial charge >= 0.3 is 0 Å². The monoisotopic (exact) mass is 284 g/mol. The van der Waals surface area contributed by atoms with Crippen molar-refractivity contribution in [2.24, 2.45) is 23.7 Å². The van der Waals surface area contributed by atoms with E-state index in [0.717, 1.165) is 37.2 Å². The van der Waals surface area contributed by atoms with Crippen LogP contribution in [0.1, 0.15) is 80.1 Å². The highest BCUT2D eigenvalue weighted by atomic mass is 16.1. The lowest BCUT2D eigenvalue weighted by Crippen LogP contribution is -2.02. The quantitative estimate of drug-likeness (QED) is 0.510. The van der Waals surface area contributed by atoms with Crippen molar-refractivity contribution >= 4 is 12.6 Å². The highest BCUT2D eigenvalue weighted by molar-refractivity contribution is 5.49. The molecule has 2 nitrogen and oxygen atoms in total. The average molecular weight is 284 g/mol. The summed E-state index contributed by atoms with van der Waals surface area (Å²) in [5.41, 5.74) is 0. The third kappa shape index (κ3) is 17.3. The van der Waals surface area contributed by atoms with Gasteiger partial charge in [0.15, 0.2) is 0 Å². The molecule has 0 saturated carbocycles. The van der Waals surface area contributed by atoms with Crippen LogP contribution in [0.5, 0.6) is 0 Å². The topological polar surface area (TPSA) is 34.1 Å². The van der Waals surface area contributed by atoms with Gasteiger partial charge in [-0.15, -0.1) is 0 Å². The summed E-state index contributed by atoms with van der Waals surface area (Å²) in [6.07, 6.45) is 8.35. The largest absolute Gasteiger partial charge is 0.303 e.